The van der Waals surface area contributed by atoms with E-state index in [0.29, 0.717) is 12.1 Å². The van der Waals surface area contributed by atoms with Gasteiger partial charge in [-0.3, -0.25) is 4.79 Å². The summed E-state index contributed by atoms with van der Waals surface area (Å²) >= 11 is 0.977. The van der Waals surface area contributed by atoms with Crippen LogP contribution in [0.4, 0.5) is 13.6 Å². The molecule has 1 amide bonds. The van der Waals surface area contributed by atoms with E-state index in [-0.39, 0.29) is 17.4 Å². The molecule has 0 bridgehead atoms. The number of rotatable bonds is 2. The van der Waals surface area contributed by atoms with E-state index < -0.39 is 18.4 Å². The number of hydrogen-bond acceptors (Lipinski definition) is 3. The van der Waals surface area contributed by atoms with Gasteiger partial charge in [-0.1, -0.05) is 23.8 Å². The van der Waals surface area contributed by atoms with Crippen LogP contribution in [0.3, 0.4) is 0 Å². The molecule has 1 saturated heterocycles. The molecule has 0 aliphatic carbocycles. The highest BCUT2D eigenvalue weighted by molar-refractivity contribution is 8.13. The third kappa shape index (κ3) is 3.80. The molecule has 1 aliphatic heterocycles. The van der Waals surface area contributed by atoms with Gasteiger partial charge < -0.3 is 10.6 Å². The zero-order valence-electron chi connectivity index (χ0n) is 12.7. The number of piperidine rings is 1. The van der Waals surface area contributed by atoms with E-state index in [9.17, 15) is 13.6 Å². The molecular formula is C16H20F2N2OS. The van der Waals surface area contributed by atoms with Gasteiger partial charge in [0, 0.05) is 17.1 Å². The van der Waals surface area contributed by atoms with E-state index in [4.69, 9.17) is 5.73 Å². The van der Waals surface area contributed by atoms with Gasteiger partial charge in [0.25, 0.3) is 11.2 Å². The lowest BCUT2D eigenvalue weighted by Gasteiger charge is -2.38. The molecule has 0 saturated carbocycles. The van der Waals surface area contributed by atoms with Crippen LogP contribution in [-0.2, 0) is 0 Å². The fourth-order valence-electron chi connectivity index (χ4n) is 2.48. The van der Waals surface area contributed by atoms with E-state index in [2.05, 4.69) is 0 Å². The Kier molecular flexibility index (Phi) is 5.11. The second-order valence-electron chi connectivity index (χ2n) is 5.66. The van der Waals surface area contributed by atoms with Crippen molar-refractivity contribution in [2.24, 2.45) is 11.7 Å². The van der Waals surface area contributed by atoms with Gasteiger partial charge in [-0.25, -0.2) is 8.78 Å². The topological polar surface area (TPSA) is 46.3 Å². The maximum absolute atomic E-state index is 14.3. The Balaban J connectivity index is 2.05. The van der Waals surface area contributed by atoms with Gasteiger partial charge in [-0.15, -0.1) is 0 Å². The fraction of sp³-hybridized carbons (Fsp3) is 0.438. The maximum Gasteiger partial charge on any atom is 0.286 e. The number of hydrogen-bond donors (Lipinski definition) is 1. The second-order valence-corrected chi connectivity index (χ2v) is 6.68. The second kappa shape index (κ2) is 6.69. The number of carbonyl (C=O) groups is 1. The normalized spacial score (nSPS) is 20.5. The molecule has 1 fully saturated rings. The number of thioether (sulfide) groups is 1. The van der Waals surface area contributed by atoms with Crippen molar-refractivity contribution in [3.8, 4) is 0 Å². The van der Waals surface area contributed by atoms with Gasteiger partial charge in [0.15, 0.2) is 0 Å². The summed E-state index contributed by atoms with van der Waals surface area (Å²) in [7, 11) is 0. The predicted octanol–water partition coefficient (Wildman–Crippen LogP) is 4.11. The average Bonchev–Trinajstić information content (AvgIpc) is 2.46. The monoisotopic (exact) mass is 326 g/mol. The highest BCUT2D eigenvalue weighted by atomic mass is 32.2. The Bertz CT molecular complexity index is 571. The van der Waals surface area contributed by atoms with Crippen LogP contribution in [-0.4, -0.2) is 29.2 Å². The number of allylic oxidation sites excluding steroid dienone is 2. The molecule has 1 aromatic rings. The van der Waals surface area contributed by atoms with Crippen molar-refractivity contribution >= 4 is 17.0 Å². The van der Waals surface area contributed by atoms with E-state index in [0.717, 1.165) is 16.7 Å². The number of alkyl halides is 2. The van der Waals surface area contributed by atoms with E-state index in [1.165, 1.54) is 4.90 Å². The summed E-state index contributed by atoms with van der Waals surface area (Å²) in [4.78, 5) is 14.1. The van der Waals surface area contributed by atoms with Crippen molar-refractivity contribution in [3.63, 3.8) is 0 Å². The van der Waals surface area contributed by atoms with Crippen LogP contribution in [0, 0.1) is 5.92 Å². The Morgan fingerprint density at radius 2 is 1.95 bits per heavy atom. The van der Waals surface area contributed by atoms with Crippen molar-refractivity contribution in [1.29, 1.82) is 0 Å². The summed E-state index contributed by atoms with van der Waals surface area (Å²) in [6.07, 6.45) is 0.186. The largest absolute Gasteiger partial charge is 0.402 e. The fourth-order valence-corrected chi connectivity index (χ4v) is 3.26. The third-order valence-corrected chi connectivity index (χ3v) is 4.70. The lowest BCUT2D eigenvalue weighted by molar-refractivity contribution is -0.0859. The Hall–Kier alpha value is -1.56. The molecular weight excluding hydrogens is 306 g/mol. The smallest absolute Gasteiger partial charge is 0.286 e. The van der Waals surface area contributed by atoms with Crippen LogP contribution < -0.4 is 5.73 Å². The van der Waals surface area contributed by atoms with Crippen molar-refractivity contribution in [2.75, 3.05) is 13.1 Å². The lowest BCUT2D eigenvalue weighted by atomic mass is 9.88. The summed E-state index contributed by atoms with van der Waals surface area (Å²) in [5.41, 5.74) is 6.76. The first kappa shape index (κ1) is 16.8. The Labute approximate surface area is 133 Å². The van der Waals surface area contributed by atoms with E-state index in [1.807, 2.05) is 18.2 Å². The SMILES string of the molecule is CC(C)=C(N)C1CCN(C(=O)Sc2ccccc2)CC1(F)F. The standard InChI is InChI=1S/C16H20F2N2OS/c1-11(2)14(19)13-8-9-20(10-16(13,17)18)15(21)22-12-6-4-3-5-7-12/h3-7,13H,8-10,19H2,1-2H3. The first-order valence-electron chi connectivity index (χ1n) is 7.13. The van der Waals surface area contributed by atoms with Gasteiger partial charge in [0.05, 0.1) is 12.5 Å². The Morgan fingerprint density at radius 1 is 1.32 bits per heavy atom. The molecule has 1 atom stereocenters. The third-order valence-electron chi connectivity index (χ3n) is 3.76. The maximum atomic E-state index is 14.3. The van der Waals surface area contributed by atoms with E-state index in [1.54, 1.807) is 26.0 Å². The molecule has 0 spiro atoms. The first-order chi connectivity index (χ1) is 10.3. The number of nitrogens with zero attached hydrogens (tertiary/aromatic N) is 1. The lowest BCUT2D eigenvalue weighted by Crippen LogP contribution is -2.51. The molecule has 0 aromatic heterocycles. The molecule has 22 heavy (non-hydrogen) atoms. The highest BCUT2D eigenvalue weighted by Crippen LogP contribution is 2.38. The van der Waals surface area contributed by atoms with Gasteiger partial charge in [0.2, 0.25) is 0 Å². The zero-order valence-corrected chi connectivity index (χ0v) is 13.5. The van der Waals surface area contributed by atoms with E-state index >= 15 is 0 Å². The Morgan fingerprint density at radius 3 is 2.50 bits per heavy atom. The summed E-state index contributed by atoms with van der Waals surface area (Å²) in [5.74, 6) is -3.98. The summed E-state index contributed by atoms with van der Waals surface area (Å²) in [6, 6.07) is 9.04. The number of nitrogens with two attached hydrogens (primary N) is 1. The van der Waals surface area contributed by atoms with Crippen molar-refractivity contribution in [3.05, 3.63) is 41.6 Å². The van der Waals surface area contributed by atoms with Crippen LogP contribution in [0.25, 0.3) is 0 Å². The first-order valence-corrected chi connectivity index (χ1v) is 7.95. The molecule has 1 unspecified atom stereocenters. The quantitative estimate of drug-likeness (QED) is 0.832. The molecule has 1 aliphatic rings. The highest BCUT2D eigenvalue weighted by Gasteiger charge is 2.47. The van der Waals surface area contributed by atoms with Crippen LogP contribution >= 0.6 is 11.8 Å². The summed E-state index contributed by atoms with van der Waals surface area (Å²) in [6.45, 7) is 3.18. The number of amides is 1. The molecule has 120 valence electrons. The van der Waals surface area contributed by atoms with Crippen molar-refractivity contribution in [2.45, 2.75) is 31.1 Å². The molecule has 0 radical (unpaired) electrons. The summed E-state index contributed by atoms with van der Waals surface area (Å²) in [5, 5.41) is -0.347. The molecule has 6 heteroatoms. The number of carbonyl (C=O) groups excluding carboxylic acids is 1. The molecule has 2 rings (SSSR count). The molecule has 3 nitrogen and oxygen atoms in total. The van der Waals surface area contributed by atoms with Crippen molar-refractivity contribution in [1.82, 2.24) is 4.90 Å². The van der Waals surface area contributed by atoms with Gasteiger partial charge in [-0.05, 0) is 44.2 Å². The molecule has 1 heterocycles. The number of benzene rings is 1. The number of halogens is 2. The molecule has 2 N–H and O–H groups in total. The zero-order chi connectivity index (χ0) is 16.3. The number of likely N-dealkylation sites (tertiary alicyclic amines) is 1. The predicted molar refractivity (Wildman–Crippen MR) is 84.9 cm³/mol. The van der Waals surface area contributed by atoms with Crippen LogP contribution in [0.15, 0.2) is 46.5 Å². The summed E-state index contributed by atoms with van der Waals surface area (Å²) < 4.78 is 28.6. The minimum absolute atomic E-state index is 0.186. The van der Waals surface area contributed by atoms with Gasteiger partial charge in [0.1, 0.15) is 0 Å². The van der Waals surface area contributed by atoms with Gasteiger partial charge >= 0.3 is 0 Å². The van der Waals surface area contributed by atoms with Crippen LogP contribution in [0.5, 0.6) is 0 Å². The van der Waals surface area contributed by atoms with Crippen LogP contribution in [0.1, 0.15) is 20.3 Å². The van der Waals surface area contributed by atoms with Crippen LogP contribution in [0.2, 0.25) is 0 Å². The van der Waals surface area contributed by atoms with Gasteiger partial charge in [-0.2, -0.15) is 0 Å². The minimum atomic E-state index is -2.99. The average molecular weight is 326 g/mol. The minimum Gasteiger partial charge on any atom is -0.402 e. The van der Waals surface area contributed by atoms with Crippen molar-refractivity contribution < 1.29 is 13.6 Å². The molecule has 1 aromatic carbocycles.